The molecule has 1 heterocycles. The summed E-state index contributed by atoms with van der Waals surface area (Å²) >= 11 is 5.93. The molecular weight excluding hydrogens is 228 g/mol. The number of hydrogen-bond donors (Lipinski definition) is 3. The van der Waals surface area contributed by atoms with E-state index in [2.05, 4.69) is 20.7 Å². The van der Waals surface area contributed by atoms with Crippen molar-refractivity contribution < 1.29 is 0 Å². The van der Waals surface area contributed by atoms with Gasteiger partial charge in [0.15, 0.2) is 17.4 Å². The Kier molecular flexibility index (Phi) is 2.74. The van der Waals surface area contributed by atoms with Crippen LogP contribution in [0.1, 0.15) is 0 Å². The molecule has 0 spiro atoms. The Bertz CT molecular complexity index is 484. The van der Waals surface area contributed by atoms with Gasteiger partial charge in [0.2, 0.25) is 0 Å². The maximum absolute atomic E-state index is 5.93. The largest absolute Gasteiger partial charge is 0.380 e. The number of nitrogens with zero attached hydrogens (tertiary/aromatic N) is 3. The SMILES string of the molecule is NC1=NN=C(N)C1=NNc1ccccc1Cl. The lowest BCUT2D eigenvalue weighted by Gasteiger charge is -2.03. The molecule has 0 unspecified atom stereocenters. The van der Waals surface area contributed by atoms with Crippen molar-refractivity contribution >= 4 is 34.7 Å². The third kappa shape index (κ3) is 1.96. The van der Waals surface area contributed by atoms with Crippen LogP contribution in [0.4, 0.5) is 5.69 Å². The number of rotatable bonds is 2. The molecule has 7 heteroatoms. The number of nitrogens with one attached hydrogen (secondary N) is 1. The first-order valence-electron chi connectivity index (χ1n) is 4.44. The lowest BCUT2D eigenvalue weighted by Crippen LogP contribution is -2.32. The fraction of sp³-hybridized carbons (Fsp3) is 0. The van der Waals surface area contributed by atoms with E-state index in [0.29, 0.717) is 16.4 Å². The lowest BCUT2D eigenvalue weighted by atomic mass is 10.3. The van der Waals surface area contributed by atoms with Gasteiger partial charge in [0.1, 0.15) is 0 Å². The van der Waals surface area contributed by atoms with Gasteiger partial charge in [-0.15, -0.1) is 10.2 Å². The molecule has 0 amide bonds. The monoisotopic (exact) mass is 236 g/mol. The molecule has 1 aromatic carbocycles. The highest BCUT2D eigenvalue weighted by Gasteiger charge is 2.16. The maximum atomic E-state index is 5.93. The standard InChI is InChI=1S/C9H9ClN6/c10-5-3-1-2-4-6(5)13-14-7-8(11)15-16-9(7)12/h1-4,13H,(H4,11,12,14,15,16). The van der Waals surface area contributed by atoms with E-state index in [1.54, 1.807) is 12.1 Å². The number of nitrogens with two attached hydrogens (primary N) is 2. The van der Waals surface area contributed by atoms with Crippen molar-refractivity contribution in [3.8, 4) is 0 Å². The Balaban J connectivity index is 2.19. The van der Waals surface area contributed by atoms with Crippen molar-refractivity contribution in [1.29, 1.82) is 0 Å². The van der Waals surface area contributed by atoms with Gasteiger partial charge in [0, 0.05) is 0 Å². The van der Waals surface area contributed by atoms with Gasteiger partial charge in [-0.2, -0.15) is 5.10 Å². The van der Waals surface area contributed by atoms with Gasteiger partial charge in [0.25, 0.3) is 0 Å². The van der Waals surface area contributed by atoms with Gasteiger partial charge in [0.05, 0.1) is 10.7 Å². The normalized spacial score (nSPS) is 14.4. The third-order valence-corrected chi connectivity index (χ3v) is 2.24. The van der Waals surface area contributed by atoms with Crippen LogP contribution >= 0.6 is 11.6 Å². The first-order valence-corrected chi connectivity index (χ1v) is 4.82. The van der Waals surface area contributed by atoms with Gasteiger partial charge in [-0.1, -0.05) is 23.7 Å². The number of para-hydroxylation sites is 1. The van der Waals surface area contributed by atoms with Crippen LogP contribution in [0.15, 0.2) is 39.6 Å². The van der Waals surface area contributed by atoms with E-state index in [9.17, 15) is 0 Å². The van der Waals surface area contributed by atoms with Crippen LogP contribution in [-0.4, -0.2) is 17.4 Å². The van der Waals surface area contributed by atoms with Crippen molar-refractivity contribution in [2.24, 2.45) is 26.8 Å². The second-order valence-electron chi connectivity index (χ2n) is 3.02. The molecule has 82 valence electrons. The third-order valence-electron chi connectivity index (χ3n) is 1.91. The molecular formula is C9H9ClN6. The molecule has 6 nitrogen and oxygen atoms in total. The van der Waals surface area contributed by atoms with Gasteiger partial charge < -0.3 is 11.5 Å². The quantitative estimate of drug-likeness (QED) is 0.661. The summed E-state index contributed by atoms with van der Waals surface area (Å²) < 4.78 is 0. The van der Waals surface area contributed by atoms with E-state index in [-0.39, 0.29) is 11.7 Å². The smallest absolute Gasteiger partial charge is 0.177 e. The summed E-state index contributed by atoms with van der Waals surface area (Å²) in [6.07, 6.45) is 0. The van der Waals surface area contributed by atoms with E-state index in [1.165, 1.54) is 0 Å². The Hall–Kier alpha value is -2.08. The summed E-state index contributed by atoms with van der Waals surface area (Å²) in [7, 11) is 0. The molecule has 1 aromatic rings. The zero-order valence-corrected chi connectivity index (χ0v) is 8.94. The lowest BCUT2D eigenvalue weighted by molar-refractivity contribution is 1.25. The zero-order valence-electron chi connectivity index (χ0n) is 8.18. The minimum absolute atomic E-state index is 0.178. The van der Waals surface area contributed by atoms with Gasteiger partial charge in [-0.25, -0.2) is 0 Å². The number of hydrazone groups is 1. The molecule has 2 rings (SSSR count). The number of halogens is 1. The van der Waals surface area contributed by atoms with Crippen LogP contribution in [0, 0.1) is 0 Å². The van der Waals surface area contributed by atoms with Crippen LogP contribution < -0.4 is 16.9 Å². The van der Waals surface area contributed by atoms with Crippen LogP contribution in [0.3, 0.4) is 0 Å². The zero-order chi connectivity index (χ0) is 11.5. The van der Waals surface area contributed by atoms with Crippen LogP contribution in [0.5, 0.6) is 0 Å². The van der Waals surface area contributed by atoms with Crippen LogP contribution in [-0.2, 0) is 0 Å². The Morgan fingerprint density at radius 1 is 1.12 bits per heavy atom. The second kappa shape index (κ2) is 4.19. The highest BCUT2D eigenvalue weighted by molar-refractivity contribution is 6.68. The molecule has 5 N–H and O–H groups in total. The number of hydrogen-bond acceptors (Lipinski definition) is 6. The fourth-order valence-electron chi connectivity index (χ4n) is 1.12. The van der Waals surface area contributed by atoms with E-state index in [0.717, 1.165) is 0 Å². The molecule has 0 saturated carbocycles. The molecule has 0 aliphatic carbocycles. The number of benzene rings is 1. The van der Waals surface area contributed by atoms with Crippen LogP contribution in [0.2, 0.25) is 5.02 Å². The van der Waals surface area contributed by atoms with E-state index in [4.69, 9.17) is 23.1 Å². The summed E-state index contributed by atoms with van der Waals surface area (Å²) in [6.45, 7) is 0. The van der Waals surface area contributed by atoms with Crippen molar-refractivity contribution in [2.45, 2.75) is 0 Å². The number of amidine groups is 2. The fourth-order valence-corrected chi connectivity index (χ4v) is 1.29. The molecule has 0 bridgehead atoms. The van der Waals surface area contributed by atoms with Gasteiger partial charge in [-0.05, 0) is 12.1 Å². The molecule has 16 heavy (non-hydrogen) atoms. The maximum Gasteiger partial charge on any atom is 0.177 e. The minimum Gasteiger partial charge on any atom is -0.380 e. The molecule has 1 aliphatic heterocycles. The predicted octanol–water partition coefficient (Wildman–Crippen LogP) is 0.751. The first kappa shape index (κ1) is 10.4. The number of anilines is 1. The van der Waals surface area contributed by atoms with Crippen LogP contribution in [0.25, 0.3) is 0 Å². The highest BCUT2D eigenvalue weighted by Crippen LogP contribution is 2.20. The van der Waals surface area contributed by atoms with Gasteiger partial charge >= 0.3 is 0 Å². The average Bonchev–Trinajstić information content (AvgIpc) is 2.58. The molecule has 0 radical (unpaired) electrons. The molecule has 0 aromatic heterocycles. The minimum atomic E-state index is 0.178. The summed E-state index contributed by atoms with van der Waals surface area (Å²) in [6, 6.07) is 7.18. The van der Waals surface area contributed by atoms with Gasteiger partial charge in [-0.3, -0.25) is 5.43 Å². The van der Waals surface area contributed by atoms with E-state index in [1.807, 2.05) is 12.1 Å². The summed E-state index contributed by atoms with van der Waals surface area (Å²) in [5, 5.41) is 11.7. The highest BCUT2D eigenvalue weighted by atomic mass is 35.5. The molecule has 0 fully saturated rings. The van der Waals surface area contributed by atoms with E-state index >= 15 is 0 Å². The Morgan fingerprint density at radius 3 is 2.38 bits per heavy atom. The topological polar surface area (TPSA) is 101 Å². The molecule has 0 saturated heterocycles. The van der Waals surface area contributed by atoms with Crippen molar-refractivity contribution in [3.05, 3.63) is 29.3 Å². The predicted molar refractivity (Wildman–Crippen MR) is 65.8 cm³/mol. The average molecular weight is 237 g/mol. The van der Waals surface area contributed by atoms with Crippen molar-refractivity contribution in [2.75, 3.05) is 5.43 Å². The summed E-state index contributed by atoms with van der Waals surface area (Å²) in [4.78, 5) is 0. The van der Waals surface area contributed by atoms with Crippen molar-refractivity contribution in [3.63, 3.8) is 0 Å². The molecule has 1 aliphatic rings. The summed E-state index contributed by atoms with van der Waals surface area (Å²) in [5.41, 5.74) is 14.8. The van der Waals surface area contributed by atoms with E-state index < -0.39 is 0 Å². The van der Waals surface area contributed by atoms with Crippen molar-refractivity contribution in [1.82, 2.24) is 0 Å². The second-order valence-corrected chi connectivity index (χ2v) is 3.43. The summed E-state index contributed by atoms with van der Waals surface area (Å²) in [5.74, 6) is 0.356. The Labute approximate surface area is 96.7 Å². The Morgan fingerprint density at radius 2 is 1.75 bits per heavy atom. The molecule has 0 atom stereocenters. The first-order chi connectivity index (χ1) is 7.68.